The molecular formula is C12H17ClN2O3S. The maximum atomic E-state index is 12.2. The van der Waals surface area contributed by atoms with Crippen LogP contribution in [-0.4, -0.2) is 27.2 Å². The summed E-state index contributed by atoms with van der Waals surface area (Å²) in [7, 11) is -3.68. The second-order valence-corrected chi connectivity index (χ2v) is 6.58. The number of sulfonamides is 1. The summed E-state index contributed by atoms with van der Waals surface area (Å²) in [5.74, 6) is 0. The lowest BCUT2D eigenvalue weighted by Gasteiger charge is -2.35. The smallest absolute Gasteiger partial charge is 0.244 e. The summed E-state index contributed by atoms with van der Waals surface area (Å²) in [5.41, 5.74) is 5.84. The molecule has 1 saturated carbocycles. The van der Waals surface area contributed by atoms with Gasteiger partial charge in [0.25, 0.3) is 0 Å². The molecule has 1 aliphatic carbocycles. The van der Waals surface area contributed by atoms with Crippen molar-refractivity contribution in [3.8, 4) is 0 Å². The first kappa shape index (κ1) is 14.6. The number of anilines is 1. The van der Waals surface area contributed by atoms with E-state index in [4.69, 9.17) is 22.1 Å². The van der Waals surface area contributed by atoms with Crippen LogP contribution in [0, 0.1) is 0 Å². The van der Waals surface area contributed by atoms with E-state index in [9.17, 15) is 8.42 Å². The zero-order chi connectivity index (χ0) is 14.0. The Morgan fingerprint density at radius 2 is 2.16 bits per heavy atom. The average Bonchev–Trinajstić information content (AvgIpc) is 2.25. The molecule has 0 unspecified atom stereocenters. The van der Waals surface area contributed by atoms with E-state index < -0.39 is 10.0 Å². The summed E-state index contributed by atoms with van der Waals surface area (Å²) in [4.78, 5) is -0.0449. The second-order valence-electron chi connectivity index (χ2n) is 4.53. The van der Waals surface area contributed by atoms with Crippen LogP contribution in [0.2, 0.25) is 5.02 Å². The summed E-state index contributed by atoms with van der Waals surface area (Å²) in [6, 6.07) is 4.53. The monoisotopic (exact) mass is 304 g/mol. The van der Waals surface area contributed by atoms with E-state index in [0.29, 0.717) is 19.4 Å². The van der Waals surface area contributed by atoms with Crippen molar-refractivity contribution >= 4 is 27.3 Å². The second kappa shape index (κ2) is 5.66. The van der Waals surface area contributed by atoms with Crippen molar-refractivity contribution in [1.82, 2.24) is 4.72 Å². The van der Waals surface area contributed by atoms with Gasteiger partial charge in [0.15, 0.2) is 0 Å². The Bertz CT molecular complexity index is 536. The van der Waals surface area contributed by atoms with Crippen molar-refractivity contribution in [2.45, 2.75) is 36.8 Å². The molecule has 3 N–H and O–H groups in total. The van der Waals surface area contributed by atoms with Crippen LogP contribution in [-0.2, 0) is 14.8 Å². The van der Waals surface area contributed by atoms with Crippen LogP contribution in [0.3, 0.4) is 0 Å². The molecule has 1 fully saturated rings. The SMILES string of the molecule is CCOC1CC(NS(=O)(=O)c2c(N)cccc2Cl)C1. The van der Waals surface area contributed by atoms with Crippen molar-refractivity contribution in [2.24, 2.45) is 0 Å². The number of halogens is 1. The lowest BCUT2D eigenvalue weighted by Crippen LogP contribution is -2.47. The topological polar surface area (TPSA) is 81.4 Å². The van der Waals surface area contributed by atoms with Gasteiger partial charge < -0.3 is 10.5 Å². The summed E-state index contributed by atoms with van der Waals surface area (Å²) < 4.78 is 32.4. The van der Waals surface area contributed by atoms with Crippen LogP contribution in [0.4, 0.5) is 5.69 Å². The van der Waals surface area contributed by atoms with Crippen molar-refractivity contribution in [2.75, 3.05) is 12.3 Å². The molecule has 0 aliphatic heterocycles. The van der Waals surface area contributed by atoms with Gasteiger partial charge in [0.05, 0.1) is 16.8 Å². The first-order valence-corrected chi connectivity index (χ1v) is 7.98. The molecule has 1 aromatic rings. The highest BCUT2D eigenvalue weighted by molar-refractivity contribution is 7.89. The molecule has 0 atom stereocenters. The standard InChI is InChI=1S/C12H17ClN2O3S/c1-2-18-9-6-8(7-9)15-19(16,17)12-10(13)4-3-5-11(12)14/h3-5,8-9,15H,2,6-7,14H2,1H3. The highest BCUT2D eigenvalue weighted by Crippen LogP contribution is 2.30. The number of ether oxygens (including phenoxy) is 1. The number of hydrogen-bond acceptors (Lipinski definition) is 4. The Balaban J connectivity index is 2.08. The van der Waals surface area contributed by atoms with Crippen LogP contribution < -0.4 is 10.5 Å². The summed E-state index contributed by atoms with van der Waals surface area (Å²) >= 11 is 5.91. The molecule has 0 spiro atoms. The minimum absolute atomic E-state index is 0.0449. The van der Waals surface area contributed by atoms with E-state index in [-0.39, 0.29) is 27.8 Å². The molecule has 0 aromatic heterocycles. The molecule has 19 heavy (non-hydrogen) atoms. The predicted octanol–water partition coefficient (Wildman–Crippen LogP) is 1.77. The lowest BCUT2D eigenvalue weighted by atomic mass is 9.90. The molecular weight excluding hydrogens is 288 g/mol. The van der Waals surface area contributed by atoms with Crippen LogP contribution >= 0.6 is 11.6 Å². The molecule has 0 saturated heterocycles. The van der Waals surface area contributed by atoms with Gasteiger partial charge in [-0.2, -0.15) is 0 Å². The number of nitrogens with two attached hydrogens (primary N) is 1. The number of nitrogens with one attached hydrogen (secondary N) is 1. The quantitative estimate of drug-likeness (QED) is 0.812. The highest BCUT2D eigenvalue weighted by atomic mass is 35.5. The van der Waals surface area contributed by atoms with Gasteiger partial charge in [-0.15, -0.1) is 0 Å². The Morgan fingerprint density at radius 1 is 1.47 bits per heavy atom. The van der Waals surface area contributed by atoms with Gasteiger partial charge >= 0.3 is 0 Å². The largest absolute Gasteiger partial charge is 0.398 e. The first-order chi connectivity index (χ1) is 8.94. The maximum Gasteiger partial charge on any atom is 0.244 e. The zero-order valence-corrected chi connectivity index (χ0v) is 12.2. The van der Waals surface area contributed by atoms with E-state index in [1.165, 1.54) is 12.1 Å². The average molecular weight is 305 g/mol. The van der Waals surface area contributed by atoms with E-state index in [1.807, 2.05) is 6.92 Å². The maximum absolute atomic E-state index is 12.2. The molecule has 106 valence electrons. The predicted molar refractivity (Wildman–Crippen MR) is 74.6 cm³/mol. The molecule has 1 aromatic carbocycles. The van der Waals surface area contributed by atoms with Crippen LogP contribution in [0.25, 0.3) is 0 Å². The highest BCUT2D eigenvalue weighted by Gasteiger charge is 2.34. The fourth-order valence-corrected chi connectivity index (χ4v) is 4.06. The molecule has 0 amide bonds. The number of hydrogen-bond donors (Lipinski definition) is 2. The van der Waals surface area contributed by atoms with Gasteiger partial charge in [-0.1, -0.05) is 17.7 Å². The first-order valence-electron chi connectivity index (χ1n) is 6.12. The number of rotatable bonds is 5. The van der Waals surface area contributed by atoms with E-state index in [0.717, 1.165) is 0 Å². The van der Waals surface area contributed by atoms with Gasteiger partial charge in [-0.25, -0.2) is 13.1 Å². The Kier molecular flexibility index (Phi) is 4.35. The molecule has 0 radical (unpaired) electrons. The fourth-order valence-electron chi connectivity index (χ4n) is 2.12. The summed E-state index contributed by atoms with van der Waals surface area (Å²) in [5, 5.41) is 0.133. The summed E-state index contributed by atoms with van der Waals surface area (Å²) in [6.07, 6.45) is 1.50. The van der Waals surface area contributed by atoms with Gasteiger partial charge in [-0.3, -0.25) is 0 Å². The third-order valence-corrected chi connectivity index (χ3v) is 5.15. The van der Waals surface area contributed by atoms with Gasteiger partial charge in [0.2, 0.25) is 10.0 Å². The van der Waals surface area contributed by atoms with Gasteiger partial charge in [-0.05, 0) is 31.9 Å². The third-order valence-electron chi connectivity index (χ3n) is 3.09. The van der Waals surface area contributed by atoms with Crippen LogP contribution in [0.1, 0.15) is 19.8 Å². The van der Waals surface area contributed by atoms with Crippen molar-refractivity contribution in [3.63, 3.8) is 0 Å². The molecule has 1 aliphatic rings. The Hall–Kier alpha value is -0.820. The molecule has 7 heteroatoms. The van der Waals surface area contributed by atoms with E-state index in [2.05, 4.69) is 4.72 Å². The Morgan fingerprint density at radius 3 is 2.74 bits per heavy atom. The Labute approximate surface area is 118 Å². The third kappa shape index (κ3) is 3.20. The lowest BCUT2D eigenvalue weighted by molar-refractivity contribution is -0.00475. The molecule has 2 rings (SSSR count). The zero-order valence-electron chi connectivity index (χ0n) is 10.6. The molecule has 5 nitrogen and oxygen atoms in total. The molecule has 0 bridgehead atoms. The normalized spacial score (nSPS) is 23.1. The van der Waals surface area contributed by atoms with Crippen molar-refractivity contribution in [3.05, 3.63) is 23.2 Å². The van der Waals surface area contributed by atoms with Crippen LogP contribution in [0.5, 0.6) is 0 Å². The van der Waals surface area contributed by atoms with Gasteiger partial charge in [0, 0.05) is 12.6 Å². The van der Waals surface area contributed by atoms with Crippen LogP contribution in [0.15, 0.2) is 23.1 Å². The minimum atomic E-state index is -3.68. The molecule has 0 heterocycles. The summed E-state index contributed by atoms with van der Waals surface area (Å²) in [6.45, 7) is 2.56. The van der Waals surface area contributed by atoms with E-state index >= 15 is 0 Å². The fraction of sp³-hybridized carbons (Fsp3) is 0.500. The van der Waals surface area contributed by atoms with Crippen molar-refractivity contribution in [1.29, 1.82) is 0 Å². The minimum Gasteiger partial charge on any atom is -0.398 e. The van der Waals surface area contributed by atoms with E-state index in [1.54, 1.807) is 6.07 Å². The van der Waals surface area contributed by atoms with Gasteiger partial charge in [0.1, 0.15) is 4.90 Å². The number of nitrogen functional groups attached to an aromatic ring is 1. The van der Waals surface area contributed by atoms with Crippen molar-refractivity contribution < 1.29 is 13.2 Å². The number of benzene rings is 1.